The number of hydrogen-bond donors (Lipinski definition) is 4. The molecule has 0 bridgehead atoms. The summed E-state index contributed by atoms with van der Waals surface area (Å²) in [5.74, 6) is 0.457. The Balaban J connectivity index is 1.84. The fourth-order valence-corrected chi connectivity index (χ4v) is 5.19. The van der Waals surface area contributed by atoms with Gasteiger partial charge < -0.3 is 29.6 Å². The lowest BCUT2D eigenvalue weighted by molar-refractivity contribution is -0.251. The lowest BCUT2D eigenvalue weighted by Crippen LogP contribution is -2.56. The highest BCUT2D eigenvalue weighted by Gasteiger charge is 2.45. The molecule has 0 unspecified atom stereocenters. The molecule has 1 aliphatic heterocycles. The molecule has 3 aromatic rings. The van der Waals surface area contributed by atoms with Crippen LogP contribution < -0.4 is 0 Å². The van der Waals surface area contributed by atoms with E-state index in [4.69, 9.17) is 21.4 Å². The van der Waals surface area contributed by atoms with Crippen LogP contribution >= 0.6 is 12.2 Å². The minimum Gasteiger partial charge on any atom is -0.463 e. The van der Waals surface area contributed by atoms with Crippen LogP contribution in [0.5, 0.6) is 0 Å². The van der Waals surface area contributed by atoms with Gasteiger partial charge in [0.25, 0.3) is 0 Å². The molecule has 3 heterocycles. The molecule has 8 nitrogen and oxygen atoms in total. The van der Waals surface area contributed by atoms with Crippen molar-refractivity contribution >= 4 is 12.2 Å². The number of aliphatic hydroxyl groups excluding tert-OH is 4. The minimum absolute atomic E-state index is 0.101. The number of nitriles is 1. The molecule has 0 radical (unpaired) electrons. The van der Waals surface area contributed by atoms with Crippen LogP contribution in [0, 0.1) is 16.0 Å². The largest absolute Gasteiger partial charge is 0.463 e. The van der Waals surface area contributed by atoms with Gasteiger partial charge in [-0.25, -0.2) is 0 Å². The maximum atomic E-state index is 10.8. The standard InChI is InChI=1S/C24H22N2O6S/c25-10-15-18-13-5-2-1-4-12(13)7-8-14(18)19(16-6-3-9-31-16)26(24(15)33)23-22(30)21(29)20(28)17(11-27)32-23/h1-6,9,17,20-23,27-30H,7-8,11H2/t17-,20-,21+,22-,23-/m1/s1. The topological polar surface area (TPSA) is 132 Å². The van der Waals surface area contributed by atoms with E-state index in [0.717, 1.165) is 28.7 Å². The lowest BCUT2D eigenvalue weighted by Gasteiger charge is -2.42. The summed E-state index contributed by atoms with van der Waals surface area (Å²) in [6, 6.07) is 13.5. The Hall–Kier alpha value is -2.84. The van der Waals surface area contributed by atoms with Crippen molar-refractivity contribution in [2.75, 3.05) is 6.61 Å². The molecule has 5 atom stereocenters. The first kappa shape index (κ1) is 22.0. The SMILES string of the molecule is N#Cc1c2c(c(-c3ccco3)n([C@@H]3O[C@H](CO)[C@@H](O)[C@H](O)[C@H]3O)c1=S)CCc1ccccc1-2. The smallest absolute Gasteiger partial charge is 0.164 e. The molecule has 0 spiro atoms. The Labute approximate surface area is 194 Å². The van der Waals surface area contributed by atoms with Crippen LogP contribution in [0.15, 0.2) is 47.1 Å². The number of aromatic nitrogens is 1. The summed E-state index contributed by atoms with van der Waals surface area (Å²) in [4.78, 5) is 0. The molecule has 1 aromatic carbocycles. The fourth-order valence-electron chi connectivity index (χ4n) is 4.85. The van der Waals surface area contributed by atoms with Gasteiger partial charge in [0, 0.05) is 5.56 Å². The summed E-state index contributed by atoms with van der Waals surface area (Å²) in [6.07, 6.45) is -4.22. The van der Waals surface area contributed by atoms with Crippen molar-refractivity contribution in [1.29, 1.82) is 5.26 Å². The monoisotopic (exact) mass is 466 g/mol. The number of ether oxygens (including phenoxy) is 1. The molecule has 2 aromatic heterocycles. The highest BCUT2D eigenvalue weighted by molar-refractivity contribution is 7.71. The van der Waals surface area contributed by atoms with Crippen LogP contribution in [0.25, 0.3) is 22.6 Å². The first-order chi connectivity index (χ1) is 16.0. The Bertz CT molecular complexity index is 1290. The molecule has 170 valence electrons. The summed E-state index contributed by atoms with van der Waals surface area (Å²) in [5.41, 5.74) is 4.32. The Morgan fingerprint density at radius 2 is 1.85 bits per heavy atom. The van der Waals surface area contributed by atoms with Gasteiger partial charge in [0.1, 0.15) is 35.1 Å². The van der Waals surface area contributed by atoms with Gasteiger partial charge in [-0.2, -0.15) is 5.26 Å². The van der Waals surface area contributed by atoms with Gasteiger partial charge in [0.05, 0.1) is 24.1 Å². The predicted octanol–water partition coefficient (Wildman–Crippen LogP) is 2.09. The number of pyridine rings is 1. The zero-order valence-corrected chi connectivity index (χ0v) is 18.3. The predicted molar refractivity (Wildman–Crippen MR) is 120 cm³/mol. The number of nitrogens with zero attached hydrogens (tertiary/aromatic N) is 2. The lowest BCUT2D eigenvalue weighted by atomic mass is 9.82. The van der Waals surface area contributed by atoms with Crippen molar-refractivity contribution in [2.45, 2.75) is 43.5 Å². The second-order valence-corrected chi connectivity index (χ2v) is 8.60. The van der Waals surface area contributed by atoms with E-state index in [1.54, 1.807) is 12.1 Å². The molecule has 1 saturated heterocycles. The van der Waals surface area contributed by atoms with E-state index in [2.05, 4.69) is 6.07 Å². The van der Waals surface area contributed by atoms with Crippen LogP contribution in [0.4, 0.5) is 0 Å². The summed E-state index contributed by atoms with van der Waals surface area (Å²) in [6.45, 7) is -0.575. The highest BCUT2D eigenvalue weighted by atomic mass is 32.1. The van der Waals surface area contributed by atoms with E-state index in [-0.39, 0.29) is 10.2 Å². The maximum Gasteiger partial charge on any atom is 0.164 e. The number of benzene rings is 1. The zero-order chi connectivity index (χ0) is 23.3. The van der Waals surface area contributed by atoms with Crippen molar-refractivity contribution in [3.63, 3.8) is 0 Å². The van der Waals surface area contributed by atoms with Crippen LogP contribution in [-0.2, 0) is 17.6 Å². The van der Waals surface area contributed by atoms with Gasteiger partial charge in [-0.1, -0.05) is 36.5 Å². The molecule has 1 fully saturated rings. The molecule has 5 rings (SSSR count). The number of hydrogen-bond acceptors (Lipinski definition) is 8. The van der Waals surface area contributed by atoms with E-state index in [1.807, 2.05) is 24.3 Å². The van der Waals surface area contributed by atoms with Gasteiger partial charge in [-0.3, -0.25) is 4.57 Å². The third-order valence-electron chi connectivity index (χ3n) is 6.43. The van der Waals surface area contributed by atoms with E-state index in [0.29, 0.717) is 17.9 Å². The molecular weight excluding hydrogens is 444 g/mol. The number of aryl methyl sites for hydroxylation is 1. The molecule has 0 saturated carbocycles. The fraction of sp³-hybridized carbons (Fsp3) is 0.333. The average Bonchev–Trinajstić information content (AvgIpc) is 3.37. The summed E-state index contributed by atoms with van der Waals surface area (Å²) in [7, 11) is 0. The summed E-state index contributed by atoms with van der Waals surface area (Å²) in [5, 5.41) is 51.3. The molecule has 9 heteroatoms. The third kappa shape index (κ3) is 3.35. The Morgan fingerprint density at radius 3 is 2.55 bits per heavy atom. The summed E-state index contributed by atoms with van der Waals surface area (Å²) >= 11 is 5.74. The second kappa shape index (κ2) is 8.50. The zero-order valence-electron chi connectivity index (χ0n) is 17.5. The molecule has 2 aliphatic rings. The van der Waals surface area contributed by atoms with Crippen LogP contribution in [-0.4, -0.2) is 56.0 Å². The molecule has 4 N–H and O–H groups in total. The van der Waals surface area contributed by atoms with Crippen LogP contribution in [0.3, 0.4) is 0 Å². The molecule has 33 heavy (non-hydrogen) atoms. The quantitative estimate of drug-likeness (QED) is 0.432. The summed E-state index contributed by atoms with van der Waals surface area (Å²) < 4.78 is 13.1. The van der Waals surface area contributed by atoms with E-state index in [9.17, 15) is 25.7 Å². The van der Waals surface area contributed by atoms with Crippen molar-refractivity contribution in [2.24, 2.45) is 0 Å². The van der Waals surface area contributed by atoms with Gasteiger partial charge in [-0.15, -0.1) is 0 Å². The first-order valence-electron chi connectivity index (χ1n) is 10.6. The van der Waals surface area contributed by atoms with Crippen LogP contribution in [0.2, 0.25) is 0 Å². The average molecular weight is 467 g/mol. The van der Waals surface area contributed by atoms with Gasteiger partial charge in [0.15, 0.2) is 12.0 Å². The van der Waals surface area contributed by atoms with E-state index in [1.165, 1.54) is 10.8 Å². The van der Waals surface area contributed by atoms with Gasteiger partial charge >= 0.3 is 0 Å². The number of rotatable bonds is 3. The minimum atomic E-state index is -1.59. The van der Waals surface area contributed by atoms with E-state index >= 15 is 0 Å². The number of fused-ring (bicyclic) bond motifs is 3. The Kier molecular flexibility index (Phi) is 5.66. The van der Waals surface area contributed by atoms with Crippen molar-refractivity contribution < 1.29 is 29.6 Å². The van der Waals surface area contributed by atoms with Crippen molar-refractivity contribution in [3.8, 4) is 28.7 Å². The van der Waals surface area contributed by atoms with Gasteiger partial charge in [0.2, 0.25) is 0 Å². The third-order valence-corrected chi connectivity index (χ3v) is 6.83. The number of furan rings is 1. The first-order valence-corrected chi connectivity index (χ1v) is 11.0. The van der Waals surface area contributed by atoms with Crippen LogP contribution in [0.1, 0.15) is 22.9 Å². The molecule has 1 aliphatic carbocycles. The van der Waals surface area contributed by atoms with Gasteiger partial charge in [-0.05, 0) is 41.7 Å². The van der Waals surface area contributed by atoms with Crippen molar-refractivity contribution in [1.82, 2.24) is 4.57 Å². The van der Waals surface area contributed by atoms with E-state index < -0.39 is 37.3 Å². The van der Waals surface area contributed by atoms with Crippen molar-refractivity contribution in [3.05, 3.63) is 64.0 Å². The maximum absolute atomic E-state index is 10.8. The second-order valence-electron chi connectivity index (χ2n) is 8.22. The number of aliphatic hydroxyl groups is 4. The molecule has 0 amide bonds. The molecular formula is C24H22N2O6S. The highest BCUT2D eigenvalue weighted by Crippen LogP contribution is 2.44. The normalized spacial score (nSPS) is 26.3. The Morgan fingerprint density at radius 1 is 1.06 bits per heavy atom.